The van der Waals surface area contributed by atoms with E-state index in [4.69, 9.17) is 5.73 Å². The molecular formula is C7H11N5O3. The molecule has 1 heterocycles. The van der Waals surface area contributed by atoms with E-state index in [9.17, 15) is 9.59 Å². The van der Waals surface area contributed by atoms with Crippen LogP contribution in [0.2, 0.25) is 0 Å². The first-order valence-electron chi connectivity index (χ1n) is 4.24. The summed E-state index contributed by atoms with van der Waals surface area (Å²) in [5.41, 5.74) is 4.93. The molecule has 0 fully saturated rings. The van der Waals surface area contributed by atoms with Gasteiger partial charge in [0, 0.05) is 0 Å². The van der Waals surface area contributed by atoms with Crippen LogP contribution in [0, 0.1) is 0 Å². The lowest BCUT2D eigenvalue weighted by Gasteiger charge is -2.00. The summed E-state index contributed by atoms with van der Waals surface area (Å²) in [6, 6.07) is 0. The largest absolute Gasteiger partial charge is 0.450 e. The van der Waals surface area contributed by atoms with Gasteiger partial charge < -0.3 is 10.5 Å². The Morgan fingerprint density at radius 3 is 3.00 bits per heavy atom. The minimum atomic E-state index is -0.622. The normalized spacial score (nSPS) is 9.67. The third-order valence-electron chi connectivity index (χ3n) is 1.34. The van der Waals surface area contributed by atoms with Gasteiger partial charge in [0.2, 0.25) is 5.91 Å². The summed E-state index contributed by atoms with van der Waals surface area (Å²) in [4.78, 5) is 22.5. The molecule has 0 aliphatic rings. The molecule has 0 bridgehead atoms. The molecule has 0 atom stereocenters. The van der Waals surface area contributed by atoms with Crippen LogP contribution in [0.1, 0.15) is 6.92 Å². The maximum Gasteiger partial charge on any atom is 0.412 e. The van der Waals surface area contributed by atoms with Crippen molar-refractivity contribution in [2.75, 3.05) is 11.9 Å². The number of rotatable bonds is 4. The van der Waals surface area contributed by atoms with Gasteiger partial charge in [0.1, 0.15) is 6.54 Å². The molecule has 0 aromatic carbocycles. The number of amides is 2. The summed E-state index contributed by atoms with van der Waals surface area (Å²) in [6.45, 7) is 1.81. The Balaban J connectivity index is 2.52. The van der Waals surface area contributed by atoms with E-state index < -0.39 is 12.0 Å². The molecule has 0 aliphatic carbocycles. The number of nitrogens with two attached hydrogens (primary N) is 1. The zero-order valence-corrected chi connectivity index (χ0v) is 8.14. The van der Waals surface area contributed by atoms with Crippen molar-refractivity contribution < 1.29 is 14.3 Å². The van der Waals surface area contributed by atoms with Crippen molar-refractivity contribution in [3.63, 3.8) is 0 Å². The van der Waals surface area contributed by atoms with Crippen LogP contribution in [0.5, 0.6) is 0 Å². The van der Waals surface area contributed by atoms with Gasteiger partial charge in [0.05, 0.1) is 12.8 Å². The van der Waals surface area contributed by atoms with E-state index in [1.54, 1.807) is 6.92 Å². The molecule has 0 spiro atoms. The molecule has 1 rings (SSSR count). The highest BCUT2D eigenvalue weighted by atomic mass is 16.5. The van der Waals surface area contributed by atoms with Crippen molar-refractivity contribution in [1.82, 2.24) is 15.0 Å². The highest BCUT2D eigenvalue weighted by Gasteiger charge is 2.06. The fraction of sp³-hybridized carbons (Fsp3) is 0.429. The van der Waals surface area contributed by atoms with Gasteiger partial charge in [-0.25, -0.2) is 4.79 Å². The van der Waals surface area contributed by atoms with E-state index >= 15 is 0 Å². The first-order chi connectivity index (χ1) is 7.11. The molecule has 82 valence electrons. The first-order valence-corrected chi connectivity index (χ1v) is 4.24. The minimum absolute atomic E-state index is 0.134. The second-order valence-corrected chi connectivity index (χ2v) is 2.57. The van der Waals surface area contributed by atoms with Crippen LogP contribution in [-0.2, 0) is 16.1 Å². The lowest BCUT2D eigenvalue weighted by atomic mass is 10.6. The van der Waals surface area contributed by atoms with Crippen molar-refractivity contribution in [2.24, 2.45) is 5.73 Å². The summed E-state index contributed by atoms with van der Waals surface area (Å²) in [6.07, 6.45) is 0.670. The average molecular weight is 213 g/mol. The Labute approximate surface area is 85.4 Å². The van der Waals surface area contributed by atoms with Crippen molar-refractivity contribution in [3.8, 4) is 0 Å². The third kappa shape index (κ3) is 3.63. The van der Waals surface area contributed by atoms with Gasteiger partial charge in [-0.1, -0.05) is 0 Å². The fourth-order valence-electron chi connectivity index (χ4n) is 0.842. The van der Waals surface area contributed by atoms with Crippen molar-refractivity contribution >= 4 is 17.8 Å². The number of aromatic nitrogens is 3. The van der Waals surface area contributed by atoms with Gasteiger partial charge in [-0.2, -0.15) is 9.90 Å². The number of nitrogens with zero attached hydrogens (tertiary/aromatic N) is 3. The summed E-state index contributed by atoms with van der Waals surface area (Å²) in [5, 5.41) is 9.80. The molecule has 2 amide bonds. The van der Waals surface area contributed by atoms with Crippen LogP contribution in [0.4, 0.5) is 10.6 Å². The Hall–Kier alpha value is -2.12. The van der Waals surface area contributed by atoms with Gasteiger partial charge in [0.25, 0.3) is 0 Å². The topological polar surface area (TPSA) is 112 Å². The van der Waals surface area contributed by atoms with E-state index in [2.05, 4.69) is 20.3 Å². The summed E-state index contributed by atoms with van der Waals surface area (Å²) >= 11 is 0. The monoisotopic (exact) mass is 213 g/mol. The van der Waals surface area contributed by atoms with Crippen LogP contribution >= 0.6 is 0 Å². The van der Waals surface area contributed by atoms with Crippen molar-refractivity contribution in [1.29, 1.82) is 0 Å². The smallest absolute Gasteiger partial charge is 0.412 e. The van der Waals surface area contributed by atoms with Gasteiger partial charge in [-0.05, 0) is 6.92 Å². The number of primary amides is 1. The lowest BCUT2D eigenvalue weighted by molar-refractivity contribution is -0.118. The number of hydrogen-bond donors (Lipinski definition) is 2. The molecule has 0 saturated heterocycles. The molecule has 1 aromatic rings. The average Bonchev–Trinajstić information content (AvgIpc) is 2.51. The number of anilines is 1. The number of carbonyl (C=O) groups is 2. The van der Waals surface area contributed by atoms with Crippen LogP contribution in [0.3, 0.4) is 0 Å². The number of ether oxygens (including phenoxy) is 1. The van der Waals surface area contributed by atoms with E-state index in [-0.39, 0.29) is 19.0 Å². The molecule has 8 heteroatoms. The zero-order chi connectivity index (χ0) is 11.3. The molecule has 0 saturated carbocycles. The van der Waals surface area contributed by atoms with E-state index in [1.807, 2.05) is 0 Å². The number of hydrogen-bond acceptors (Lipinski definition) is 5. The predicted octanol–water partition coefficient (Wildman–Crippen LogP) is -0.668. The highest BCUT2D eigenvalue weighted by molar-refractivity contribution is 5.82. The molecule has 15 heavy (non-hydrogen) atoms. The Bertz CT molecular complexity index is 361. The third-order valence-corrected chi connectivity index (χ3v) is 1.34. The van der Waals surface area contributed by atoms with Crippen molar-refractivity contribution in [2.45, 2.75) is 13.5 Å². The molecule has 8 nitrogen and oxygen atoms in total. The second kappa shape index (κ2) is 4.94. The second-order valence-electron chi connectivity index (χ2n) is 2.57. The summed E-state index contributed by atoms with van der Waals surface area (Å²) in [7, 11) is 0. The van der Waals surface area contributed by atoms with E-state index in [0.29, 0.717) is 0 Å². The number of carbonyl (C=O) groups excluding carboxylic acids is 2. The predicted molar refractivity (Wildman–Crippen MR) is 49.9 cm³/mol. The van der Waals surface area contributed by atoms with Gasteiger partial charge in [-0.15, -0.1) is 5.10 Å². The molecule has 0 radical (unpaired) electrons. The summed E-state index contributed by atoms with van der Waals surface area (Å²) < 4.78 is 4.62. The van der Waals surface area contributed by atoms with Crippen LogP contribution in [0.15, 0.2) is 6.20 Å². The van der Waals surface area contributed by atoms with Gasteiger partial charge in [0.15, 0.2) is 5.82 Å². The maximum atomic E-state index is 10.9. The van der Waals surface area contributed by atoms with Gasteiger partial charge in [-0.3, -0.25) is 10.1 Å². The standard InChI is InChI=1S/C7H11N5O3/c1-2-15-7(14)10-6-3-9-12(11-6)4-5(8)13/h3H,2,4H2,1H3,(H2,8,13)(H,10,11,14). The van der Waals surface area contributed by atoms with Crippen LogP contribution < -0.4 is 11.1 Å². The minimum Gasteiger partial charge on any atom is -0.450 e. The van der Waals surface area contributed by atoms with Gasteiger partial charge >= 0.3 is 6.09 Å². The Kier molecular flexibility index (Phi) is 3.61. The van der Waals surface area contributed by atoms with Crippen LogP contribution in [-0.4, -0.2) is 33.6 Å². The maximum absolute atomic E-state index is 10.9. The van der Waals surface area contributed by atoms with E-state index in [1.165, 1.54) is 6.20 Å². The Morgan fingerprint density at radius 1 is 1.67 bits per heavy atom. The molecular weight excluding hydrogens is 202 g/mol. The molecule has 1 aromatic heterocycles. The summed E-state index contributed by atoms with van der Waals surface area (Å²) in [5.74, 6) is -0.358. The van der Waals surface area contributed by atoms with Crippen LogP contribution in [0.25, 0.3) is 0 Å². The Morgan fingerprint density at radius 2 is 2.40 bits per heavy atom. The van der Waals surface area contributed by atoms with E-state index in [0.717, 1.165) is 4.80 Å². The number of nitrogens with one attached hydrogen (secondary N) is 1. The first kappa shape index (κ1) is 11.0. The highest BCUT2D eigenvalue weighted by Crippen LogP contribution is 1.99. The lowest BCUT2D eigenvalue weighted by Crippen LogP contribution is -2.20. The molecule has 3 N–H and O–H groups in total. The zero-order valence-electron chi connectivity index (χ0n) is 8.14. The van der Waals surface area contributed by atoms with Crippen molar-refractivity contribution in [3.05, 3.63) is 6.20 Å². The quantitative estimate of drug-likeness (QED) is 0.688. The SMILES string of the molecule is CCOC(=O)Nc1cnn(CC(N)=O)n1. The molecule has 0 aliphatic heterocycles. The molecule has 0 unspecified atom stereocenters. The fourth-order valence-corrected chi connectivity index (χ4v) is 0.842.